The minimum Gasteiger partial charge on any atom is -0.480 e. The molecule has 1 atom stereocenters. The number of nitrogens with one attached hydrogen (secondary N) is 2. The SMILES string of the molecule is COC(=O)C[C@H](NC(=O)NCCS(N)(=O)=O)C(=O)O. The number of aliphatic carboxylic acids is 1. The summed E-state index contributed by atoms with van der Waals surface area (Å²) < 4.78 is 25.4. The van der Waals surface area contributed by atoms with E-state index in [9.17, 15) is 22.8 Å². The zero-order valence-corrected chi connectivity index (χ0v) is 10.9. The van der Waals surface area contributed by atoms with Crippen molar-refractivity contribution < 1.29 is 32.6 Å². The highest BCUT2D eigenvalue weighted by Gasteiger charge is 2.23. The number of nitrogens with two attached hydrogens (primary N) is 1. The summed E-state index contributed by atoms with van der Waals surface area (Å²) in [5.41, 5.74) is 0. The fraction of sp³-hybridized carbons (Fsp3) is 0.625. The Hall–Kier alpha value is -1.88. The van der Waals surface area contributed by atoms with E-state index in [1.807, 2.05) is 5.32 Å². The largest absolute Gasteiger partial charge is 0.480 e. The first-order valence-corrected chi connectivity index (χ1v) is 6.71. The van der Waals surface area contributed by atoms with Crippen LogP contribution in [0.2, 0.25) is 0 Å². The number of carbonyl (C=O) groups is 3. The predicted octanol–water partition coefficient (Wildman–Crippen LogP) is -2.41. The molecule has 0 rings (SSSR count). The van der Waals surface area contributed by atoms with E-state index in [1.165, 1.54) is 0 Å². The summed E-state index contributed by atoms with van der Waals surface area (Å²) in [5.74, 6) is -2.72. The highest BCUT2D eigenvalue weighted by molar-refractivity contribution is 7.89. The molecule has 0 spiro atoms. The van der Waals surface area contributed by atoms with Crippen LogP contribution in [0.1, 0.15) is 6.42 Å². The summed E-state index contributed by atoms with van der Waals surface area (Å²) in [4.78, 5) is 32.9. The monoisotopic (exact) mass is 297 g/mol. The molecule has 10 nitrogen and oxygen atoms in total. The average molecular weight is 297 g/mol. The normalized spacial score (nSPS) is 12.3. The Morgan fingerprint density at radius 2 is 1.95 bits per heavy atom. The Bertz CT molecular complexity index is 447. The Labute approximate surface area is 109 Å². The van der Waals surface area contributed by atoms with Gasteiger partial charge in [0.25, 0.3) is 0 Å². The second-order valence-electron chi connectivity index (χ2n) is 3.44. The Balaban J connectivity index is 4.25. The maximum Gasteiger partial charge on any atom is 0.326 e. The van der Waals surface area contributed by atoms with E-state index < -0.39 is 46.2 Å². The smallest absolute Gasteiger partial charge is 0.326 e. The number of carboxylic acid groups (broad SMARTS) is 1. The van der Waals surface area contributed by atoms with Gasteiger partial charge in [-0.1, -0.05) is 0 Å². The second kappa shape index (κ2) is 7.53. The topological polar surface area (TPSA) is 165 Å². The molecule has 0 bridgehead atoms. The molecule has 0 radical (unpaired) electrons. The molecule has 0 aliphatic carbocycles. The van der Waals surface area contributed by atoms with E-state index in [-0.39, 0.29) is 6.54 Å². The summed E-state index contributed by atoms with van der Waals surface area (Å²) in [6.07, 6.45) is -0.547. The molecule has 0 aliphatic rings. The van der Waals surface area contributed by atoms with Crippen molar-refractivity contribution in [1.29, 1.82) is 0 Å². The fourth-order valence-electron chi connectivity index (χ4n) is 0.966. The van der Waals surface area contributed by atoms with Crippen molar-refractivity contribution in [2.24, 2.45) is 5.14 Å². The highest BCUT2D eigenvalue weighted by atomic mass is 32.2. The number of sulfonamides is 1. The van der Waals surface area contributed by atoms with Crippen LogP contribution >= 0.6 is 0 Å². The molecule has 0 saturated heterocycles. The first-order valence-electron chi connectivity index (χ1n) is 5.00. The summed E-state index contributed by atoms with van der Waals surface area (Å²) in [5, 5.41) is 17.5. The van der Waals surface area contributed by atoms with E-state index in [0.717, 1.165) is 7.11 Å². The summed E-state index contributed by atoms with van der Waals surface area (Å²) in [7, 11) is -2.64. The number of hydrogen-bond donors (Lipinski definition) is 4. The Kier molecular flexibility index (Phi) is 6.79. The Morgan fingerprint density at radius 3 is 2.37 bits per heavy atom. The van der Waals surface area contributed by atoms with E-state index in [0.29, 0.717) is 0 Å². The van der Waals surface area contributed by atoms with Crippen LogP contribution in [0.15, 0.2) is 0 Å². The molecule has 11 heteroatoms. The molecule has 0 aromatic rings. The number of carboxylic acids is 1. The molecule has 0 heterocycles. The van der Waals surface area contributed by atoms with Crippen LogP contribution in [-0.4, -0.2) is 56.9 Å². The maximum atomic E-state index is 11.2. The van der Waals surface area contributed by atoms with Crippen LogP contribution in [0, 0.1) is 0 Å². The number of methoxy groups -OCH3 is 1. The number of primary sulfonamides is 1. The number of urea groups is 1. The molecular weight excluding hydrogens is 282 g/mol. The van der Waals surface area contributed by atoms with Crippen LogP contribution in [0.3, 0.4) is 0 Å². The third-order valence-electron chi connectivity index (χ3n) is 1.87. The van der Waals surface area contributed by atoms with E-state index >= 15 is 0 Å². The lowest BCUT2D eigenvalue weighted by molar-refractivity contribution is -0.147. The standard InChI is InChI=1S/C8H15N3O7S/c1-18-6(12)4-5(7(13)14)11-8(15)10-2-3-19(9,16)17/h5H,2-4H2,1H3,(H,13,14)(H2,9,16,17)(H2,10,11,15)/t5-/m0/s1. The van der Waals surface area contributed by atoms with Crippen LogP contribution in [0.25, 0.3) is 0 Å². The number of carbonyl (C=O) groups excluding carboxylic acids is 2. The van der Waals surface area contributed by atoms with Gasteiger partial charge in [-0.3, -0.25) is 4.79 Å². The van der Waals surface area contributed by atoms with Gasteiger partial charge in [0.2, 0.25) is 10.0 Å². The van der Waals surface area contributed by atoms with Crippen molar-refractivity contribution in [2.75, 3.05) is 19.4 Å². The number of rotatable bonds is 7. The Morgan fingerprint density at radius 1 is 1.37 bits per heavy atom. The van der Waals surface area contributed by atoms with Crippen molar-refractivity contribution in [3.8, 4) is 0 Å². The van der Waals surface area contributed by atoms with Gasteiger partial charge < -0.3 is 20.5 Å². The van der Waals surface area contributed by atoms with E-state index in [1.54, 1.807) is 0 Å². The minimum atomic E-state index is -3.72. The number of ether oxygens (including phenoxy) is 1. The van der Waals surface area contributed by atoms with Crippen molar-refractivity contribution >= 4 is 28.0 Å². The molecule has 19 heavy (non-hydrogen) atoms. The summed E-state index contributed by atoms with van der Waals surface area (Å²) >= 11 is 0. The fourth-order valence-corrected chi connectivity index (χ4v) is 1.35. The van der Waals surface area contributed by atoms with Crippen molar-refractivity contribution in [2.45, 2.75) is 12.5 Å². The minimum absolute atomic E-state index is 0.283. The van der Waals surface area contributed by atoms with Gasteiger partial charge in [0, 0.05) is 6.54 Å². The van der Waals surface area contributed by atoms with Gasteiger partial charge in [-0.2, -0.15) is 0 Å². The number of hydrogen-bond acceptors (Lipinski definition) is 6. The quantitative estimate of drug-likeness (QED) is 0.380. The average Bonchev–Trinajstić information content (AvgIpc) is 2.25. The predicted molar refractivity (Wildman–Crippen MR) is 62.6 cm³/mol. The molecule has 0 aromatic carbocycles. The summed E-state index contributed by atoms with van der Waals surface area (Å²) in [6, 6.07) is -2.40. The van der Waals surface area contributed by atoms with E-state index in [2.05, 4.69) is 10.1 Å². The van der Waals surface area contributed by atoms with Crippen molar-refractivity contribution in [3.63, 3.8) is 0 Å². The lowest BCUT2D eigenvalue weighted by atomic mass is 10.2. The first kappa shape index (κ1) is 17.1. The maximum absolute atomic E-state index is 11.2. The highest BCUT2D eigenvalue weighted by Crippen LogP contribution is 1.95. The third kappa shape index (κ3) is 8.79. The zero-order chi connectivity index (χ0) is 15.1. The second-order valence-corrected chi connectivity index (χ2v) is 5.17. The van der Waals surface area contributed by atoms with Gasteiger partial charge in [-0.15, -0.1) is 0 Å². The third-order valence-corrected chi connectivity index (χ3v) is 2.65. The van der Waals surface area contributed by atoms with Crippen LogP contribution < -0.4 is 15.8 Å². The zero-order valence-electron chi connectivity index (χ0n) is 10.1. The molecule has 0 unspecified atom stereocenters. The molecule has 5 N–H and O–H groups in total. The van der Waals surface area contributed by atoms with E-state index in [4.69, 9.17) is 10.2 Å². The molecule has 110 valence electrons. The molecule has 0 saturated carbocycles. The van der Waals surface area contributed by atoms with Crippen LogP contribution in [-0.2, 0) is 24.3 Å². The van der Waals surface area contributed by atoms with Gasteiger partial charge in [-0.25, -0.2) is 23.1 Å². The van der Waals surface area contributed by atoms with Gasteiger partial charge in [0.05, 0.1) is 19.3 Å². The lowest BCUT2D eigenvalue weighted by Gasteiger charge is -2.13. The van der Waals surface area contributed by atoms with Gasteiger partial charge in [-0.05, 0) is 0 Å². The van der Waals surface area contributed by atoms with Gasteiger partial charge in [0.15, 0.2) is 0 Å². The number of esters is 1. The molecule has 0 fully saturated rings. The lowest BCUT2D eigenvalue weighted by Crippen LogP contribution is -2.48. The van der Waals surface area contributed by atoms with Crippen LogP contribution in [0.5, 0.6) is 0 Å². The first-order chi connectivity index (χ1) is 8.65. The molecular formula is C8H15N3O7S. The molecule has 2 amide bonds. The number of amides is 2. The van der Waals surface area contributed by atoms with Crippen LogP contribution in [0.4, 0.5) is 4.79 Å². The van der Waals surface area contributed by atoms with Gasteiger partial charge >= 0.3 is 18.0 Å². The molecule has 0 aromatic heterocycles. The van der Waals surface area contributed by atoms with Gasteiger partial charge in [0.1, 0.15) is 6.04 Å². The van der Waals surface area contributed by atoms with Crippen molar-refractivity contribution in [1.82, 2.24) is 10.6 Å². The molecule has 0 aliphatic heterocycles. The summed E-state index contributed by atoms with van der Waals surface area (Å²) in [6.45, 7) is -0.283. The van der Waals surface area contributed by atoms with Crippen molar-refractivity contribution in [3.05, 3.63) is 0 Å².